The van der Waals surface area contributed by atoms with Crippen LogP contribution in [0.25, 0.3) is 0 Å². The van der Waals surface area contributed by atoms with E-state index in [-0.39, 0.29) is 11.1 Å². The Morgan fingerprint density at radius 3 is 2.29 bits per heavy atom. The van der Waals surface area contributed by atoms with Gasteiger partial charge < -0.3 is 5.11 Å². The van der Waals surface area contributed by atoms with Gasteiger partial charge in [0, 0.05) is 5.56 Å². The van der Waals surface area contributed by atoms with Gasteiger partial charge in [-0.2, -0.15) is 0 Å². The van der Waals surface area contributed by atoms with Gasteiger partial charge in [0.15, 0.2) is 0 Å². The summed E-state index contributed by atoms with van der Waals surface area (Å²) >= 11 is 0. The normalized spacial score (nSPS) is 10.2. The molecular weight excluding hydrogens is 190 g/mol. The van der Waals surface area contributed by atoms with Crippen molar-refractivity contribution in [1.29, 1.82) is 0 Å². The molecule has 1 aromatic carbocycles. The zero-order chi connectivity index (χ0) is 10.7. The molecule has 1 aromatic rings. The summed E-state index contributed by atoms with van der Waals surface area (Å²) in [6.45, 7) is 1.70. The van der Waals surface area contributed by atoms with E-state index in [9.17, 15) is 13.6 Å². The maximum Gasteiger partial charge on any atom is 0.307 e. The van der Waals surface area contributed by atoms with Crippen LogP contribution in [0.2, 0.25) is 0 Å². The monoisotopic (exact) mass is 200 g/mol. The summed E-state index contributed by atoms with van der Waals surface area (Å²) in [4.78, 5) is 10.3. The molecule has 0 atom stereocenters. The highest BCUT2D eigenvalue weighted by Crippen LogP contribution is 2.15. The summed E-state index contributed by atoms with van der Waals surface area (Å²) in [6.07, 6.45) is -0.108. The Balaban J connectivity index is 3.08. The van der Waals surface area contributed by atoms with E-state index in [0.717, 1.165) is 12.1 Å². The van der Waals surface area contributed by atoms with Gasteiger partial charge in [-0.05, 0) is 24.1 Å². The summed E-state index contributed by atoms with van der Waals surface area (Å²) < 4.78 is 26.3. The molecule has 14 heavy (non-hydrogen) atoms. The molecule has 0 fully saturated rings. The van der Waals surface area contributed by atoms with Gasteiger partial charge in [-0.15, -0.1) is 0 Å². The number of benzene rings is 1. The highest BCUT2D eigenvalue weighted by Gasteiger charge is 2.11. The molecule has 0 aliphatic carbocycles. The number of halogens is 2. The van der Waals surface area contributed by atoms with Crippen molar-refractivity contribution in [3.05, 3.63) is 34.9 Å². The van der Waals surface area contributed by atoms with E-state index in [1.807, 2.05) is 0 Å². The van der Waals surface area contributed by atoms with Gasteiger partial charge in [-0.1, -0.05) is 6.92 Å². The Morgan fingerprint density at radius 1 is 1.29 bits per heavy atom. The van der Waals surface area contributed by atoms with Crippen molar-refractivity contribution in [2.75, 3.05) is 0 Å². The first-order valence-corrected chi connectivity index (χ1v) is 4.23. The van der Waals surface area contributed by atoms with Crippen LogP contribution >= 0.6 is 0 Å². The van der Waals surface area contributed by atoms with Gasteiger partial charge in [-0.3, -0.25) is 4.79 Å². The number of hydrogen-bond donors (Lipinski definition) is 1. The molecule has 0 aliphatic heterocycles. The summed E-state index contributed by atoms with van der Waals surface area (Å²) in [5.41, 5.74) is 0.142. The third-order valence-electron chi connectivity index (χ3n) is 1.94. The predicted molar refractivity (Wildman–Crippen MR) is 47.1 cm³/mol. The standard InChI is InChI=1S/C10H10F2O2/c1-2-6-3-9(12)7(4-8(6)11)5-10(13)14/h3-4H,2,5H2,1H3,(H,13,14). The van der Waals surface area contributed by atoms with Crippen LogP contribution in [0.3, 0.4) is 0 Å². The van der Waals surface area contributed by atoms with Crippen LogP contribution in [0, 0.1) is 11.6 Å². The van der Waals surface area contributed by atoms with Crippen LogP contribution in [-0.4, -0.2) is 11.1 Å². The van der Waals surface area contributed by atoms with Crippen molar-refractivity contribution >= 4 is 5.97 Å². The Hall–Kier alpha value is -1.45. The van der Waals surface area contributed by atoms with E-state index < -0.39 is 24.0 Å². The average Bonchev–Trinajstić information content (AvgIpc) is 2.10. The third kappa shape index (κ3) is 2.28. The number of rotatable bonds is 3. The molecule has 76 valence electrons. The largest absolute Gasteiger partial charge is 0.481 e. The van der Waals surface area contributed by atoms with E-state index in [2.05, 4.69) is 0 Å². The first-order valence-electron chi connectivity index (χ1n) is 4.23. The maximum atomic E-state index is 13.1. The molecule has 1 rings (SSSR count). The quantitative estimate of drug-likeness (QED) is 0.811. The fraction of sp³-hybridized carbons (Fsp3) is 0.300. The molecule has 0 bridgehead atoms. The molecule has 4 heteroatoms. The Bertz CT molecular complexity index is 361. The lowest BCUT2D eigenvalue weighted by Gasteiger charge is -2.04. The predicted octanol–water partition coefficient (Wildman–Crippen LogP) is 2.15. The Morgan fingerprint density at radius 2 is 1.79 bits per heavy atom. The lowest BCUT2D eigenvalue weighted by atomic mass is 10.1. The van der Waals surface area contributed by atoms with Crippen LogP contribution < -0.4 is 0 Å². The molecule has 0 saturated carbocycles. The van der Waals surface area contributed by atoms with E-state index >= 15 is 0 Å². The molecule has 0 spiro atoms. The topological polar surface area (TPSA) is 37.3 Å². The van der Waals surface area contributed by atoms with Crippen molar-refractivity contribution in [2.45, 2.75) is 19.8 Å². The average molecular weight is 200 g/mol. The van der Waals surface area contributed by atoms with Gasteiger partial charge in [0.25, 0.3) is 0 Å². The number of hydrogen-bond acceptors (Lipinski definition) is 1. The van der Waals surface area contributed by atoms with Crippen LogP contribution in [0.4, 0.5) is 8.78 Å². The molecule has 0 radical (unpaired) electrons. The molecule has 0 unspecified atom stereocenters. The molecule has 0 aliphatic rings. The second kappa shape index (κ2) is 4.17. The molecule has 0 aromatic heterocycles. The van der Waals surface area contributed by atoms with E-state index in [1.54, 1.807) is 6.92 Å². The van der Waals surface area contributed by atoms with Crippen LogP contribution in [0.15, 0.2) is 12.1 Å². The molecular formula is C10H10F2O2. The summed E-state index contributed by atoms with van der Waals surface area (Å²) in [7, 11) is 0. The Kier molecular flexibility index (Phi) is 3.17. The first-order chi connectivity index (χ1) is 6.54. The lowest BCUT2D eigenvalue weighted by Crippen LogP contribution is -2.04. The smallest absolute Gasteiger partial charge is 0.307 e. The minimum atomic E-state index is -1.17. The SMILES string of the molecule is CCc1cc(F)c(CC(=O)O)cc1F. The minimum absolute atomic E-state index is 0.118. The molecule has 2 nitrogen and oxygen atoms in total. The molecule has 0 saturated heterocycles. The second-order valence-electron chi connectivity index (χ2n) is 2.96. The van der Waals surface area contributed by atoms with Gasteiger partial charge in [0.05, 0.1) is 6.42 Å². The van der Waals surface area contributed by atoms with E-state index in [1.165, 1.54) is 0 Å². The van der Waals surface area contributed by atoms with Crippen LogP contribution in [-0.2, 0) is 17.6 Å². The van der Waals surface area contributed by atoms with Gasteiger partial charge >= 0.3 is 5.97 Å². The minimum Gasteiger partial charge on any atom is -0.481 e. The van der Waals surface area contributed by atoms with Crippen LogP contribution in [0.5, 0.6) is 0 Å². The van der Waals surface area contributed by atoms with Crippen molar-refractivity contribution < 1.29 is 18.7 Å². The zero-order valence-electron chi connectivity index (χ0n) is 7.68. The number of aliphatic carboxylic acids is 1. The first kappa shape index (κ1) is 10.6. The Labute approximate surface area is 80.2 Å². The van der Waals surface area contributed by atoms with E-state index in [0.29, 0.717) is 6.42 Å². The third-order valence-corrected chi connectivity index (χ3v) is 1.94. The molecule has 0 amide bonds. The lowest BCUT2D eigenvalue weighted by molar-refractivity contribution is -0.136. The highest BCUT2D eigenvalue weighted by molar-refractivity contribution is 5.70. The zero-order valence-corrected chi connectivity index (χ0v) is 7.68. The summed E-state index contributed by atoms with van der Waals surface area (Å²) in [5.74, 6) is -2.39. The van der Waals surface area contributed by atoms with Gasteiger partial charge in [-0.25, -0.2) is 8.78 Å². The fourth-order valence-electron chi connectivity index (χ4n) is 1.20. The summed E-state index contributed by atoms with van der Waals surface area (Å²) in [6, 6.07) is 2.00. The second-order valence-corrected chi connectivity index (χ2v) is 2.96. The van der Waals surface area contributed by atoms with Gasteiger partial charge in [0.2, 0.25) is 0 Å². The molecule has 1 N–H and O–H groups in total. The fourth-order valence-corrected chi connectivity index (χ4v) is 1.20. The van der Waals surface area contributed by atoms with E-state index in [4.69, 9.17) is 5.11 Å². The van der Waals surface area contributed by atoms with Gasteiger partial charge in [0.1, 0.15) is 11.6 Å². The van der Waals surface area contributed by atoms with Crippen molar-refractivity contribution in [3.8, 4) is 0 Å². The highest BCUT2D eigenvalue weighted by atomic mass is 19.1. The number of carboxylic acid groups (broad SMARTS) is 1. The number of carbonyl (C=O) groups is 1. The summed E-state index contributed by atoms with van der Waals surface area (Å²) in [5, 5.41) is 8.42. The molecule has 0 heterocycles. The van der Waals surface area contributed by atoms with Crippen LogP contribution in [0.1, 0.15) is 18.1 Å². The van der Waals surface area contributed by atoms with Crippen molar-refractivity contribution in [1.82, 2.24) is 0 Å². The van der Waals surface area contributed by atoms with Crippen molar-refractivity contribution in [3.63, 3.8) is 0 Å². The van der Waals surface area contributed by atoms with Crippen molar-refractivity contribution in [2.24, 2.45) is 0 Å². The number of carboxylic acids is 1. The maximum absolute atomic E-state index is 13.1. The number of aryl methyl sites for hydroxylation is 1.